The van der Waals surface area contributed by atoms with Crippen molar-refractivity contribution in [1.29, 1.82) is 0 Å². The Morgan fingerprint density at radius 3 is 1.42 bits per heavy atom. The van der Waals surface area contributed by atoms with Gasteiger partial charge in [0.25, 0.3) is 0 Å². The van der Waals surface area contributed by atoms with Crippen LogP contribution in [0.4, 0.5) is 9.59 Å². The van der Waals surface area contributed by atoms with E-state index in [2.05, 4.69) is 60.9 Å². The van der Waals surface area contributed by atoms with Crippen molar-refractivity contribution in [2.75, 3.05) is 0 Å². The SMILES string of the molecule is Cc1cc(C)c(Cc2c(C)cc(C)c(C=NNC(N)=O)c2C)c(C)c1C=NNC(N)=O. The summed E-state index contributed by atoms with van der Waals surface area (Å²) >= 11 is 0. The minimum absolute atomic E-state index is 0.704. The van der Waals surface area contributed by atoms with E-state index in [-0.39, 0.29) is 0 Å². The molecule has 0 aliphatic carbocycles. The number of nitrogens with one attached hydrogen (secondary N) is 2. The first-order valence-corrected chi connectivity index (χ1v) is 9.89. The van der Waals surface area contributed by atoms with E-state index in [0.717, 1.165) is 39.8 Å². The summed E-state index contributed by atoms with van der Waals surface area (Å²) in [7, 11) is 0. The predicted molar refractivity (Wildman–Crippen MR) is 125 cm³/mol. The standard InChI is InChI=1S/C23H30N6O2/c1-12-7-14(3)20(10-26-28-22(24)30)16(5)18(12)9-19-13(2)8-15(4)21(17(19)6)11-27-29-23(25)31/h7-8,10-11H,9H2,1-6H3,(H3,24,28,30)(H3,25,29,31). The van der Waals surface area contributed by atoms with Gasteiger partial charge < -0.3 is 11.5 Å². The molecule has 0 saturated carbocycles. The molecule has 2 aromatic carbocycles. The van der Waals surface area contributed by atoms with Gasteiger partial charge in [-0.1, -0.05) is 12.1 Å². The van der Waals surface area contributed by atoms with Crippen LogP contribution in [-0.4, -0.2) is 24.5 Å². The van der Waals surface area contributed by atoms with Gasteiger partial charge in [-0.25, -0.2) is 20.4 Å². The number of rotatable bonds is 6. The molecule has 0 heterocycles. The number of carbonyl (C=O) groups is 2. The van der Waals surface area contributed by atoms with Crippen LogP contribution < -0.4 is 22.3 Å². The zero-order chi connectivity index (χ0) is 23.3. The molecule has 6 N–H and O–H groups in total. The monoisotopic (exact) mass is 422 g/mol. The number of amides is 4. The van der Waals surface area contributed by atoms with Gasteiger partial charge in [-0.05, 0) is 92.5 Å². The molecule has 0 aliphatic rings. The maximum absolute atomic E-state index is 10.9. The third kappa shape index (κ3) is 5.69. The normalized spacial score (nSPS) is 11.3. The first-order chi connectivity index (χ1) is 14.5. The van der Waals surface area contributed by atoms with Crippen LogP contribution in [0.25, 0.3) is 0 Å². The molecule has 0 radical (unpaired) electrons. The van der Waals surface area contributed by atoms with Gasteiger partial charge in [0.15, 0.2) is 0 Å². The van der Waals surface area contributed by atoms with E-state index in [1.165, 1.54) is 22.3 Å². The highest BCUT2D eigenvalue weighted by molar-refractivity contribution is 5.87. The van der Waals surface area contributed by atoms with E-state index in [0.29, 0.717) is 0 Å². The van der Waals surface area contributed by atoms with Gasteiger partial charge in [0, 0.05) is 11.1 Å². The van der Waals surface area contributed by atoms with Crippen molar-refractivity contribution in [1.82, 2.24) is 10.9 Å². The maximum Gasteiger partial charge on any atom is 0.332 e. The second kappa shape index (κ2) is 9.88. The van der Waals surface area contributed by atoms with Crippen LogP contribution in [-0.2, 0) is 6.42 Å². The number of urea groups is 2. The second-order valence-electron chi connectivity index (χ2n) is 7.70. The summed E-state index contributed by atoms with van der Waals surface area (Å²) in [4.78, 5) is 21.8. The quantitative estimate of drug-likeness (QED) is 0.420. The Morgan fingerprint density at radius 2 is 1.10 bits per heavy atom. The number of benzene rings is 2. The Hall–Kier alpha value is -3.68. The maximum atomic E-state index is 10.9. The third-order valence-corrected chi connectivity index (χ3v) is 5.47. The lowest BCUT2D eigenvalue weighted by Crippen LogP contribution is -2.24. The number of nitrogens with zero attached hydrogens (tertiary/aromatic N) is 2. The zero-order valence-corrected chi connectivity index (χ0v) is 18.9. The molecule has 8 heteroatoms. The molecule has 0 aromatic heterocycles. The van der Waals surface area contributed by atoms with Crippen LogP contribution in [0.3, 0.4) is 0 Å². The Bertz CT molecular complexity index is 1000. The van der Waals surface area contributed by atoms with E-state index in [1.807, 2.05) is 13.8 Å². The molecule has 4 amide bonds. The first kappa shape index (κ1) is 23.6. The summed E-state index contributed by atoms with van der Waals surface area (Å²) in [6.07, 6.45) is 3.98. The zero-order valence-electron chi connectivity index (χ0n) is 18.9. The highest BCUT2D eigenvalue weighted by atomic mass is 16.2. The molecule has 31 heavy (non-hydrogen) atoms. The van der Waals surface area contributed by atoms with Gasteiger partial charge in [0.05, 0.1) is 12.4 Å². The number of carbonyl (C=O) groups excluding carboxylic acids is 2. The van der Waals surface area contributed by atoms with Crippen LogP contribution in [0.15, 0.2) is 22.3 Å². The number of aryl methyl sites for hydroxylation is 4. The number of hydrogen-bond donors (Lipinski definition) is 4. The number of primary amides is 2. The average molecular weight is 423 g/mol. The highest BCUT2D eigenvalue weighted by Gasteiger charge is 2.15. The summed E-state index contributed by atoms with van der Waals surface area (Å²) in [5, 5.41) is 7.88. The van der Waals surface area contributed by atoms with Crippen LogP contribution >= 0.6 is 0 Å². The van der Waals surface area contributed by atoms with Crippen LogP contribution in [0, 0.1) is 41.5 Å². The summed E-state index contributed by atoms with van der Waals surface area (Å²) in [5.74, 6) is 0. The molecule has 0 unspecified atom stereocenters. The summed E-state index contributed by atoms with van der Waals surface area (Å²) in [5.41, 5.74) is 25.7. The van der Waals surface area contributed by atoms with Crippen molar-refractivity contribution in [3.63, 3.8) is 0 Å². The second-order valence-corrected chi connectivity index (χ2v) is 7.70. The molecule has 0 spiro atoms. The van der Waals surface area contributed by atoms with Crippen molar-refractivity contribution < 1.29 is 9.59 Å². The van der Waals surface area contributed by atoms with Crippen molar-refractivity contribution in [3.05, 3.63) is 67.8 Å². The van der Waals surface area contributed by atoms with Crippen molar-refractivity contribution >= 4 is 24.5 Å². The molecule has 0 saturated heterocycles. The number of hydrogen-bond acceptors (Lipinski definition) is 4. The average Bonchev–Trinajstić information content (AvgIpc) is 2.65. The Morgan fingerprint density at radius 1 is 0.742 bits per heavy atom. The lowest BCUT2D eigenvalue weighted by molar-refractivity contribution is 0.248. The fourth-order valence-electron chi connectivity index (χ4n) is 3.93. The molecule has 2 rings (SSSR count). The third-order valence-electron chi connectivity index (χ3n) is 5.47. The summed E-state index contributed by atoms with van der Waals surface area (Å²) < 4.78 is 0. The summed E-state index contributed by atoms with van der Waals surface area (Å²) in [6, 6.07) is 2.83. The van der Waals surface area contributed by atoms with E-state index in [1.54, 1.807) is 12.4 Å². The molecule has 0 aliphatic heterocycles. The minimum atomic E-state index is -0.704. The highest BCUT2D eigenvalue weighted by Crippen LogP contribution is 2.28. The van der Waals surface area contributed by atoms with Crippen molar-refractivity contribution in [3.8, 4) is 0 Å². The van der Waals surface area contributed by atoms with Crippen LogP contribution in [0.2, 0.25) is 0 Å². The Labute approximate surface area is 182 Å². The van der Waals surface area contributed by atoms with E-state index in [4.69, 9.17) is 11.5 Å². The van der Waals surface area contributed by atoms with Crippen molar-refractivity contribution in [2.24, 2.45) is 21.7 Å². The van der Waals surface area contributed by atoms with Gasteiger partial charge in [-0.3, -0.25) is 0 Å². The van der Waals surface area contributed by atoms with E-state index >= 15 is 0 Å². The number of nitrogens with two attached hydrogens (primary N) is 2. The smallest absolute Gasteiger partial charge is 0.332 e. The molecule has 0 bridgehead atoms. The minimum Gasteiger partial charge on any atom is -0.350 e. The Kier molecular flexibility index (Phi) is 7.52. The Balaban J connectivity index is 2.53. The van der Waals surface area contributed by atoms with E-state index in [9.17, 15) is 9.59 Å². The van der Waals surface area contributed by atoms with E-state index < -0.39 is 12.1 Å². The molecule has 164 valence electrons. The molecule has 0 fully saturated rings. The van der Waals surface area contributed by atoms with Crippen LogP contribution in [0.5, 0.6) is 0 Å². The molecular weight excluding hydrogens is 392 g/mol. The van der Waals surface area contributed by atoms with Gasteiger partial charge in [-0.15, -0.1) is 0 Å². The molecule has 0 atom stereocenters. The molecule has 2 aromatic rings. The van der Waals surface area contributed by atoms with Crippen molar-refractivity contribution in [2.45, 2.75) is 48.0 Å². The lowest BCUT2D eigenvalue weighted by Gasteiger charge is -2.19. The van der Waals surface area contributed by atoms with Gasteiger partial charge in [0.2, 0.25) is 0 Å². The van der Waals surface area contributed by atoms with Crippen LogP contribution in [0.1, 0.15) is 55.6 Å². The molecule has 8 nitrogen and oxygen atoms in total. The first-order valence-electron chi connectivity index (χ1n) is 9.89. The largest absolute Gasteiger partial charge is 0.350 e. The topological polar surface area (TPSA) is 135 Å². The van der Waals surface area contributed by atoms with Gasteiger partial charge in [0.1, 0.15) is 0 Å². The fourth-order valence-corrected chi connectivity index (χ4v) is 3.93. The fraction of sp³-hybridized carbons (Fsp3) is 0.304. The van der Waals surface area contributed by atoms with Gasteiger partial charge >= 0.3 is 12.1 Å². The lowest BCUT2D eigenvalue weighted by atomic mass is 9.85. The molecular formula is C23H30N6O2. The summed E-state index contributed by atoms with van der Waals surface area (Å²) in [6.45, 7) is 12.3. The number of hydrazone groups is 2. The van der Waals surface area contributed by atoms with Gasteiger partial charge in [-0.2, -0.15) is 10.2 Å². The predicted octanol–water partition coefficient (Wildman–Crippen LogP) is 3.13.